The highest BCUT2D eigenvalue weighted by molar-refractivity contribution is 5.79. The molecule has 6 heteroatoms. The minimum atomic E-state index is -0.136. The number of carbonyl (C=O) groups excluding carboxylic acids is 2. The minimum absolute atomic E-state index is 0.0245. The number of hydrogen-bond donors (Lipinski definition) is 1. The lowest BCUT2D eigenvalue weighted by Gasteiger charge is -2.29. The second-order valence-corrected chi connectivity index (χ2v) is 5.75. The first kappa shape index (κ1) is 16.3. The van der Waals surface area contributed by atoms with Crippen LogP contribution in [0.25, 0.3) is 0 Å². The third-order valence-corrected chi connectivity index (χ3v) is 3.69. The summed E-state index contributed by atoms with van der Waals surface area (Å²) in [6, 6.07) is 7.90. The average molecular weight is 305 g/mol. The first-order valence-corrected chi connectivity index (χ1v) is 7.34. The minimum Gasteiger partial charge on any atom is -0.378 e. The van der Waals surface area contributed by atoms with Gasteiger partial charge in [-0.2, -0.15) is 0 Å². The molecule has 1 aromatic carbocycles. The molecule has 2 rings (SSSR count). The Kier molecular flexibility index (Phi) is 5.38. The molecule has 1 aliphatic heterocycles. The first-order valence-electron chi connectivity index (χ1n) is 7.34. The predicted octanol–water partition coefficient (Wildman–Crippen LogP) is 0.269. The monoisotopic (exact) mass is 305 g/mol. The third kappa shape index (κ3) is 4.46. The molecular weight excluding hydrogens is 282 g/mol. The lowest BCUT2D eigenvalue weighted by atomic mass is 10.1. The van der Waals surface area contributed by atoms with Crippen molar-refractivity contribution >= 4 is 17.5 Å². The van der Waals surface area contributed by atoms with Crippen molar-refractivity contribution in [2.75, 3.05) is 45.7 Å². The van der Waals surface area contributed by atoms with Crippen molar-refractivity contribution in [3.8, 4) is 0 Å². The molecule has 1 heterocycles. The van der Waals surface area contributed by atoms with E-state index in [0.29, 0.717) is 19.5 Å². The molecule has 0 spiro atoms. The van der Waals surface area contributed by atoms with Gasteiger partial charge < -0.3 is 19.9 Å². The summed E-state index contributed by atoms with van der Waals surface area (Å²) in [5.41, 5.74) is 2.08. The third-order valence-electron chi connectivity index (χ3n) is 3.69. The van der Waals surface area contributed by atoms with Crippen LogP contribution in [0.1, 0.15) is 5.56 Å². The van der Waals surface area contributed by atoms with Crippen molar-refractivity contribution in [2.24, 2.45) is 0 Å². The smallest absolute Gasteiger partial charge is 0.248 e. The molecule has 1 atom stereocenters. The zero-order valence-electron chi connectivity index (χ0n) is 13.3. The SMILES string of the molecule is CN1C[C@H](CNC(=O)Cc2ccc(N(C)C)cc2)OCC1=O. The zero-order chi connectivity index (χ0) is 16.1. The largest absolute Gasteiger partial charge is 0.378 e. The van der Waals surface area contributed by atoms with Gasteiger partial charge in [0.25, 0.3) is 0 Å². The van der Waals surface area contributed by atoms with Crippen molar-refractivity contribution in [2.45, 2.75) is 12.5 Å². The highest BCUT2D eigenvalue weighted by Gasteiger charge is 2.23. The molecule has 1 aliphatic rings. The van der Waals surface area contributed by atoms with Gasteiger partial charge in [-0.15, -0.1) is 0 Å². The topological polar surface area (TPSA) is 61.9 Å². The van der Waals surface area contributed by atoms with Crippen LogP contribution in [0.4, 0.5) is 5.69 Å². The summed E-state index contributed by atoms with van der Waals surface area (Å²) >= 11 is 0. The van der Waals surface area contributed by atoms with Gasteiger partial charge in [0.2, 0.25) is 11.8 Å². The van der Waals surface area contributed by atoms with E-state index in [0.717, 1.165) is 11.3 Å². The van der Waals surface area contributed by atoms with Crippen LogP contribution in [0, 0.1) is 0 Å². The number of ether oxygens (including phenoxy) is 1. The number of rotatable bonds is 5. The normalized spacial score (nSPS) is 18.2. The van der Waals surface area contributed by atoms with Gasteiger partial charge in [-0.3, -0.25) is 9.59 Å². The van der Waals surface area contributed by atoms with Crippen LogP contribution in [0.2, 0.25) is 0 Å². The maximum atomic E-state index is 12.0. The van der Waals surface area contributed by atoms with Crippen LogP contribution in [0.15, 0.2) is 24.3 Å². The van der Waals surface area contributed by atoms with Crippen LogP contribution in [0.5, 0.6) is 0 Å². The highest BCUT2D eigenvalue weighted by Crippen LogP contribution is 2.12. The van der Waals surface area contributed by atoms with Crippen molar-refractivity contribution in [1.82, 2.24) is 10.2 Å². The Balaban J connectivity index is 1.77. The molecule has 0 aromatic heterocycles. The van der Waals surface area contributed by atoms with E-state index >= 15 is 0 Å². The van der Waals surface area contributed by atoms with Crippen molar-refractivity contribution in [1.29, 1.82) is 0 Å². The molecule has 1 fully saturated rings. The number of benzene rings is 1. The molecule has 0 bridgehead atoms. The Labute approximate surface area is 131 Å². The highest BCUT2D eigenvalue weighted by atomic mass is 16.5. The summed E-state index contributed by atoms with van der Waals surface area (Å²) in [4.78, 5) is 26.9. The fourth-order valence-electron chi connectivity index (χ4n) is 2.27. The number of nitrogens with one attached hydrogen (secondary N) is 1. The molecule has 6 nitrogen and oxygen atoms in total. The Morgan fingerprint density at radius 3 is 2.64 bits per heavy atom. The van der Waals surface area contributed by atoms with Crippen LogP contribution in [-0.4, -0.2) is 63.7 Å². The first-order chi connectivity index (χ1) is 10.5. The summed E-state index contributed by atoms with van der Waals surface area (Å²) in [6.07, 6.45) is 0.206. The molecule has 0 aliphatic carbocycles. The number of morpholine rings is 1. The number of likely N-dealkylation sites (N-methyl/N-ethyl adjacent to an activating group) is 1. The van der Waals surface area contributed by atoms with Gasteiger partial charge in [0, 0.05) is 39.9 Å². The molecule has 22 heavy (non-hydrogen) atoms. The van der Waals surface area contributed by atoms with Gasteiger partial charge in [0.05, 0.1) is 12.5 Å². The van der Waals surface area contributed by atoms with Gasteiger partial charge in [-0.1, -0.05) is 12.1 Å². The lowest BCUT2D eigenvalue weighted by Crippen LogP contribution is -2.48. The molecule has 0 unspecified atom stereocenters. The second kappa shape index (κ2) is 7.26. The standard InChI is InChI=1S/C16H23N3O3/c1-18(2)13-6-4-12(5-7-13)8-15(20)17-9-14-10-19(3)16(21)11-22-14/h4-7,14H,8-11H2,1-3H3,(H,17,20)/t14-/m0/s1. The molecule has 0 radical (unpaired) electrons. The number of anilines is 1. The number of carbonyl (C=O) groups is 2. The number of amides is 2. The number of nitrogens with zero attached hydrogens (tertiary/aromatic N) is 2. The average Bonchev–Trinajstić information content (AvgIpc) is 2.49. The molecule has 2 amide bonds. The molecule has 1 saturated heterocycles. The van der Waals surface area contributed by atoms with Crippen LogP contribution in [-0.2, 0) is 20.7 Å². The summed E-state index contributed by atoms with van der Waals surface area (Å²) in [5, 5.41) is 2.86. The van der Waals surface area contributed by atoms with Gasteiger partial charge in [-0.05, 0) is 17.7 Å². The molecule has 1 N–H and O–H groups in total. The van der Waals surface area contributed by atoms with Crippen LogP contribution >= 0.6 is 0 Å². The van der Waals surface area contributed by atoms with Gasteiger partial charge >= 0.3 is 0 Å². The van der Waals surface area contributed by atoms with Gasteiger partial charge in [-0.25, -0.2) is 0 Å². The van der Waals surface area contributed by atoms with Crippen molar-refractivity contribution in [3.05, 3.63) is 29.8 Å². The molecular formula is C16H23N3O3. The number of hydrogen-bond acceptors (Lipinski definition) is 4. The Hall–Kier alpha value is -2.08. The molecule has 120 valence electrons. The fraction of sp³-hybridized carbons (Fsp3) is 0.500. The summed E-state index contributed by atoms with van der Waals surface area (Å²) in [5.74, 6) is -0.0654. The maximum Gasteiger partial charge on any atom is 0.248 e. The van der Waals surface area contributed by atoms with E-state index in [1.165, 1.54) is 0 Å². The molecule has 1 aromatic rings. The summed E-state index contributed by atoms with van der Waals surface area (Å²) in [6.45, 7) is 1.02. The molecule has 0 saturated carbocycles. The summed E-state index contributed by atoms with van der Waals surface area (Å²) in [7, 11) is 5.70. The predicted molar refractivity (Wildman–Crippen MR) is 84.9 cm³/mol. The summed E-state index contributed by atoms with van der Waals surface area (Å²) < 4.78 is 5.39. The quantitative estimate of drug-likeness (QED) is 0.848. The van der Waals surface area contributed by atoms with E-state index in [2.05, 4.69) is 5.32 Å². The van der Waals surface area contributed by atoms with Crippen molar-refractivity contribution < 1.29 is 14.3 Å². The van der Waals surface area contributed by atoms with E-state index in [9.17, 15) is 9.59 Å². The van der Waals surface area contributed by atoms with Crippen LogP contribution in [0.3, 0.4) is 0 Å². The van der Waals surface area contributed by atoms with Crippen molar-refractivity contribution in [3.63, 3.8) is 0 Å². The van der Waals surface area contributed by atoms with E-state index in [1.807, 2.05) is 43.3 Å². The van der Waals surface area contributed by atoms with E-state index in [4.69, 9.17) is 4.74 Å². The van der Waals surface area contributed by atoms with Gasteiger partial charge in [0.15, 0.2) is 0 Å². The fourth-order valence-corrected chi connectivity index (χ4v) is 2.27. The second-order valence-electron chi connectivity index (χ2n) is 5.75. The maximum absolute atomic E-state index is 12.0. The van der Waals surface area contributed by atoms with E-state index < -0.39 is 0 Å². The Morgan fingerprint density at radius 1 is 1.36 bits per heavy atom. The Morgan fingerprint density at radius 2 is 2.05 bits per heavy atom. The van der Waals surface area contributed by atoms with E-state index in [1.54, 1.807) is 11.9 Å². The van der Waals surface area contributed by atoms with Crippen LogP contribution < -0.4 is 10.2 Å². The zero-order valence-corrected chi connectivity index (χ0v) is 13.3. The van der Waals surface area contributed by atoms with Gasteiger partial charge in [0.1, 0.15) is 6.61 Å². The Bertz CT molecular complexity index is 528. The van der Waals surface area contributed by atoms with E-state index in [-0.39, 0.29) is 24.5 Å². The lowest BCUT2D eigenvalue weighted by molar-refractivity contribution is -0.146.